The predicted octanol–water partition coefficient (Wildman–Crippen LogP) is 3.49. The minimum absolute atomic E-state index is 0.124. The number of aromatic nitrogens is 1. The van der Waals surface area contributed by atoms with E-state index < -0.39 is 6.04 Å². The molecule has 2 amide bonds. The molecule has 2 aromatic carbocycles. The molecule has 6 nitrogen and oxygen atoms in total. The average molecular weight is 415 g/mol. The molecule has 1 aliphatic rings. The highest BCUT2D eigenvalue weighted by Gasteiger charge is 2.21. The lowest BCUT2D eigenvalue weighted by Gasteiger charge is -2.26. The van der Waals surface area contributed by atoms with Crippen LogP contribution in [0, 0.1) is 0 Å². The Balaban J connectivity index is 1.44. The molecule has 0 unspecified atom stereocenters. The van der Waals surface area contributed by atoms with E-state index in [2.05, 4.69) is 15.6 Å². The Morgan fingerprint density at radius 1 is 0.935 bits per heavy atom. The molecule has 4 rings (SSSR count). The Labute approximate surface area is 181 Å². The van der Waals surface area contributed by atoms with Crippen molar-refractivity contribution in [2.75, 3.05) is 6.61 Å². The molecule has 0 aliphatic heterocycles. The van der Waals surface area contributed by atoms with Crippen LogP contribution in [0.3, 0.4) is 0 Å². The molecular weight excluding hydrogens is 390 g/mol. The number of hydrogen-bond donors (Lipinski definition) is 3. The van der Waals surface area contributed by atoms with E-state index in [-0.39, 0.29) is 24.5 Å². The van der Waals surface area contributed by atoms with Crippen molar-refractivity contribution in [2.45, 2.75) is 31.3 Å². The first-order valence-corrected chi connectivity index (χ1v) is 10.5. The third-order valence-corrected chi connectivity index (χ3v) is 5.64. The monoisotopic (exact) mass is 415 g/mol. The number of rotatable bonds is 7. The molecule has 1 atom stereocenters. The van der Waals surface area contributed by atoms with Gasteiger partial charge in [-0.1, -0.05) is 24.3 Å². The number of pyridine rings is 1. The predicted molar refractivity (Wildman–Crippen MR) is 119 cm³/mol. The molecule has 0 radical (unpaired) electrons. The Morgan fingerprint density at radius 2 is 1.65 bits per heavy atom. The van der Waals surface area contributed by atoms with Crippen LogP contribution in [0.25, 0.3) is 11.1 Å². The first kappa shape index (κ1) is 20.8. The topological polar surface area (TPSA) is 91.3 Å². The SMILES string of the molecule is O=C(NC1CCC1)c1cccc([C@@H](CO)NC(=O)c2ccc(-c3ccncc3)cc2)c1. The molecule has 1 aromatic heterocycles. The number of carbonyl (C=O) groups excluding carboxylic acids is 2. The van der Waals surface area contributed by atoms with E-state index in [0.29, 0.717) is 16.7 Å². The maximum Gasteiger partial charge on any atom is 0.251 e. The molecular formula is C25H25N3O3. The Morgan fingerprint density at radius 3 is 2.29 bits per heavy atom. The summed E-state index contributed by atoms with van der Waals surface area (Å²) < 4.78 is 0. The summed E-state index contributed by atoms with van der Waals surface area (Å²) in [7, 11) is 0. The zero-order valence-electron chi connectivity index (χ0n) is 17.1. The number of aliphatic hydroxyl groups is 1. The first-order chi connectivity index (χ1) is 15.1. The molecule has 31 heavy (non-hydrogen) atoms. The zero-order chi connectivity index (χ0) is 21.6. The van der Waals surface area contributed by atoms with Crippen molar-refractivity contribution in [2.24, 2.45) is 0 Å². The summed E-state index contributed by atoms with van der Waals surface area (Å²) in [5, 5.41) is 15.7. The highest BCUT2D eigenvalue weighted by atomic mass is 16.3. The van der Waals surface area contributed by atoms with Crippen molar-refractivity contribution in [3.05, 3.63) is 89.7 Å². The van der Waals surface area contributed by atoms with Gasteiger partial charge in [0.05, 0.1) is 12.6 Å². The fourth-order valence-electron chi connectivity index (χ4n) is 3.55. The third-order valence-electron chi connectivity index (χ3n) is 5.64. The number of aliphatic hydroxyl groups excluding tert-OH is 1. The Kier molecular flexibility index (Phi) is 6.38. The van der Waals surface area contributed by atoms with Crippen molar-refractivity contribution in [1.82, 2.24) is 15.6 Å². The van der Waals surface area contributed by atoms with E-state index in [0.717, 1.165) is 30.4 Å². The van der Waals surface area contributed by atoms with E-state index >= 15 is 0 Å². The molecule has 6 heteroatoms. The summed E-state index contributed by atoms with van der Waals surface area (Å²) >= 11 is 0. The molecule has 0 bridgehead atoms. The molecule has 0 spiro atoms. The summed E-state index contributed by atoms with van der Waals surface area (Å²) in [5.74, 6) is -0.411. The second kappa shape index (κ2) is 9.53. The highest BCUT2D eigenvalue weighted by Crippen LogP contribution is 2.21. The van der Waals surface area contributed by atoms with Crippen LogP contribution in [-0.2, 0) is 0 Å². The van der Waals surface area contributed by atoms with Crippen molar-refractivity contribution in [1.29, 1.82) is 0 Å². The van der Waals surface area contributed by atoms with E-state index in [9.17, 15) is 14.7 Å². The molecule has 158 valence electrons. The first-order valence-electron chi connectivity index (χ1n) is 10.5. The molecule has 1 fully saturated rings. The van der Waals surface area contributed by atoms with Gasteiger partial charge in [-0.05, 0) is 72.4 Å². The lowest BCUT2D eigenvalue weighted by molar-refractivity contribution is 0.0912. The summed E-state index contributed by atoms with van der Waals surface area (Å²) in [5.41, 5.74) is 3.72. The minimum atomic E-state index is -0.608. The highest BCUT2D eigenvalue weighted by molar-refractivity contribution is 5.96. The fraction of sp³-hybridized carbons (Fsp3) is 0.240. The minimum Gasteiger partial charge on any atom is -0.394 e. The quantitative estimate of drug-likeness (QED) is 0.551. The van der Waals surface area contributed by atoms with E-state index in [4.69, 9.17) is 0 Å². The number of benzene rings is 2. The standard InChI is InChI=1S/C25H25N3O3/c29-16-23(20-3-1-4-21(15-20)25(31)27-22-5-2-6-22)28-24(30)19-9-7-17(8-10-19)18-11-13-26-14-12-18/h1,3-4,7-15,22-23,29H,2,5-6,16H2,(H,27,31)(H,28,30)/t23-/m1/s1. The van der Waals surface area contributed by atoms with Gasteiger partial charge in [0.15, 0.2) is 0 Å². The van der Waals surface area contributed by atoms with Gasteiger partial charge in [-0.25, -0.2) is 0 Å². The van der Waals surface area contributed by atoms with Gasteiger partial charge in [0.2, 0.25) is 0 Å². The summed E-state index contributed by atoms with van der Waals surface area (Å²) in [6, 6.07) is 17.8. The van der Waals surface area contributed by atoms with Gasteiger partial charge in [0, 0.05) is 29.6 Å². The summed E-state index contributed by atoms with van der Waals surface area (Å²) in [4.78, 5) is 29.2. The second-order valence-corrected chi connectivity index (χ2v) is 7.75. The van der Waals surface area contributed by atoms with Gasteiger partial charge < -0.3 is 15.7 Å². The van der Waals surface area contributed by atoms with Crippen LogP contribution in [-0.4, -0.2) is 34.6 Å². The third kappa shape index (κ3) is 4.98. The number of carbonyl (C=O) groups is 2. The zero-order valence-corrected chi connectivity index (χ0v) is 17.1. The van der Waals surface area contributed by atoms with E-state index in [1.165, 1.54) is 0 Å². The van der Waals surface area contributed by atoms with Crippen LogP contribution in [0.4, 0.5) is 0 Å². The van der Waals surface area contributed by atoms with Crippen LogP contribution in [0.2, 0.25) is 0 Å². The van der Waals surface area contributed by atoms with Gasteiger partial charge in [-0.15, -0.1) is 0 Å². The molecule has 1 aliphatic carbocycles. The summed E-state index contributed by atoms with van der Waals surface area (Å²) in [6.45, 7) is -0.269. The number of hydrogen-bond acceptors (Lipinski definition) is 4. The smallest absolute Gasteiger partial charge is 0.251 e. The van der Waals surface area contributed by atoms with Crippen LogP contribution >= 0.6 is 0 Å². The van der Waals surface area contributed by atoms with Crippen LogP contribution in [0.15, 0.2) is 73.1 Å². The summed E-state index contributed by atoms with van der Waals surface area (Å²) in [6.07, 6.45) is 6.62. The maximum absolute atomic E-state index is 12.7. The van der Waals surface area contributed by atoms with Crippen molar-refractivity contribution < 1.29 is 14.7 Å². The van der Waals surface area contributed by atoms with Crippen molar-refractivity contribution in [3.8, 4) is 11.1 Å². The van der Waals surface area contributed by atoms with Gasteiger partial charge >= 0.3 is 0 Å². The molecule has 1 saturated carbocycles. The lowest BCUT2D eigenvalue weighted by Crippen LogP contribution is -2.39. The van der Waals surface area contributed by atoms with Gasteiger partial charge in [-0.2, -0.15) is 0 Å². The number of nitrogens with zero attached hydrogens (tertiary/aromatic N) is 1. The second-order valence-electron chi connectivity index (χ2n) is 7.75. The Bertz CT molecular complexity index is 1050. The van der Waals surface area contributed by atoms with Crippen LogP contribution < -0.4 is 10.6 Å². The molecule has 0 saturated heterocycles. The van der Waals surface area contributed by atoms with Crippen molar-refractivity contribution in [3.63, 3.8) is 0 Å². The van der Waals surface area contributed by atoms with Gasteiger partial charge in [-0.3, -0.25) is 14.6 Å². The van der Waals surface area contributed by atoms with Crippen LogP contribution in [0.5, 0.6) is 0 Å². The molecule has 3 N–H and O–H groups in total. The van der Waals surface area contributed by atoms with Gasteiger partial charge in [0.25, 0.3) is 11.8 Å². The maximum atomic E-state index is 12.7. The lowest BCUT2D eigenvalue weighted by atomic mass is 9.93. The normalized spacial score (nSPS) is 14.4. The average Bonchev–Trinajstić information content (AvgIpc) is 2.80. The van der Waals surface area contributed by atoms with Crippen LogP contribution in [0.1, 0.15) is 51.6 Å². The number of nitrogens with one attached hydrogen (secondary N) is 2. The van der Waals surface area contributed by atoms with E-state index in [1.54, 1.807) is 48.8 Å². The van der Waals surface area contributed by atoms with Crippen molar-refractivity contribution >= 4 is 11.8 Å². The van der Waals surface area contributed by atoms with Gasteiger partial charge in [0.1, 0.15) is 0 Å². The fourth-order valence-corrected chi connectivity index (χ4v) is 3.55. The largest absolute Gasteiger partial charge is 0.394 e. The molecule has 3 aromatic rings. The Hall–Kier alpha value is -3.51. The number of amides is 2. The molecule has 1 heterocycles. The van der Waals surface area contributed by atoms with E-state index in [1.807, 2.05) is 24.3 Å².